The van der Waals surface area contributed by atoms with Crippen LogP contribution in [-0.4, -0.2) is 45.4 Å². The van der Waals surface area contributed by atoms with Crippen molar-refractivity contribution in [2.24, 2.45) is 5.92 Å². The van der Waals surface area contributed by atoms with Crippen LogP contribution in [0.25, 0.3) is 0 Å². The van der Waals surface area contributed by atoms with Crippen LogP contribution < -0.4 is 10.1 Å². The Bertz CT molecular complexity index is 693. The molecule has 1 atom stereocenters. The maximum atomic E-state index is 13.5. The summed E-state index contributed by atoms with van der Waals surface area (Å²) in [5, 5.41) is 2.80. The molecule has 0 spiro atoms. The van der Waals surface area contributed by atoms with Crippen molar-refractivity contribution in [1.82, 2.24) is 9.62 Å². The van der Waals surface area contributed by atoms with E-state index in [1.54, 1.807) is 0 Å². The largest absolute Gasteiger partial charge is 0.495 e. The van der Waals surface area contributed by atoms with E-state index in [1.165, 1.54) is 17.5 Å². The SMILES string of the molecule is CCCNC(=O)[C@@H]1CCCN(S(=O)(=O)c2cc(F)ccc2OC)C1. The molecule has 24 heavy (non-hydrogen) atoms. The smallest absolute Gasteiger partial charge is 0.246 e. The summed E-state index contributed by atoms with van der Waals surface area (Å²) in [6.07, 6.45) is 2.05. The second kappa shape index (κ2) is 7.94. The molecule has 1 heterocycles. The van der Waals surface area contributed by atoms with Gasteiger partial charge in [-0.15, -0.1) is 0 Å². The van der Waals surface area contributed by atoms with E-state index in [0.717, 1.165) is 18.6 Å². The number of benzene rings is 1. The summed E-state index contributed by atoms with van der Waals surface area (Å²) in [7, 11) is -2.59. The molecular weight excluding hydrogens is 335 g/mol. The van der Waals surface area contributed by atoms with Crippen molar-refractivity contribution < 1.29 is 22.3 Å². The summed E-state index contributed by atoms with van der Waals surface area (Å²) in [4.78, 5) is 11.9. The van der Waals surface area contributed by atoms with Gasteiger partial charge in [0.05, 0.1) is 13.0 Å². The molecule has 1 fully saturated rings. The third kappa shape index (κ3) is 4.05. The Morgan fingerprint density at radius 3 is 2.88 bits per heavy atom. The number of nitrogens with one attached hydrogen (secondary N) is 1. The lowest BCUT2D eigenvalue weighted by Crippen LogP contribution is -2.45. The molecule has 0 bridgehead atoms. The van der Waals surface area contributed by atoms with Crippen LogP contribution in [0, 0.1) is 11.7 Å². The van der Waals surface area contributed by atoms with E-state index in [2.05, 4.69) is 5.32 Å². The molecule has 0 unspecified atom stereocenters. The highest BCUT2D eigenvalue weighted by Crippen LogP contribution is 2.30. The number of hydrogen-bond acceptors (Lipinski definition) is 4. The Morgan fingerprint density at radius 1 is 1.46 bits per heavy atom. The summed E-state index contributed by atoms with van der Waals surface area (Å²) in [6, 6.07) is 3.39. The van der Waals surface area contributed by atoms with E-state index in [0.29, 0.717) is 25.9 Å². The molecule has 6 nitrogen and oxygen atoms in total. The molecule has 0 aromatic heterocycles. The molecule has 1 aromatic rings. The van der Waals surface area contributed by atoms with Crippen LogP contribution in [0.1, 0.15) is 26.2 Å². The van der Waals surface area contributed by atoms with Crippen molar-refractivity contribution in [3.05, 3.63) is 24.0 Å². The van der Waals surface area contributed by atoms with Gasteiger partial charge in [-0.3, -0.25) is 4.79 Å². The summed E-state index contributed by atoms with van der Waals surface area (Å²) < 4.78 is 45.5. The predicted octanol–water partition coefficient (Wildman–Crippen LogP) is 1.76. The Hall–Kier alpha value is -1.67. The maximum absolute atomic E-state index is 13.5. The number of hydrogen-bond donors (Lipinski definition) is 1. The van der Waals surface area contributed by atoms with Gasteiger partial charge in [-0.2, -0.15) is 4.31 Å². The summed E-state index contributed by atoms with van der Waals surface area (Å²) in [6.45, 7) is 2.92. The van der Waals surface area contributed by atoms with Crippen molar-refractivity contribution in [1.29, 1.82) is 0 Å². The van der Waals surface area contributed by atoms with E-state index < -0.39 is 15.8 Å². The van der Waals surface area contributed by atoms with Gasteiger partial charge in [-0.1, -0.05) is 6.92 Å². The monoisotopic (exact) mass is 358 g/mol. The van der Waals surface area contributed by atoms with Crippen LogP contribution in [0.4, 0.5) is 4.39 Å². The molecule has 134 valence electrons. The lowest BCUT2D eigenvalue weighted by Gasteiger charge is -2.31. The first kappa shape index (κ1) is 18.7. The second-order valence-electron chi connectivity index (χ2n) is 5.79. The Labute approximate surface area is 142 Å². The highest BCUT2D eigenvalue weighted by atomic mass is 32.2. The van der Waals surface area contributed by atoms with Gasteiger partial charge in [0.1, 0.15) is 16.5 Å². The first-order valence-corrected chi connectivity index (χ1v) is 9.45. The zero-order chi connectivity index (χ0) is 17.7. The van der Waals surface area contributed by atoms with E-state index in [-0.39, 0.29) is 29.0 Å². The number of methoxy groups -OCH3 is 1. The molecule has 0 radical (unpaired) electrons. The highest BCUT2D eigenvalue weighted by molar-refractivity contribution is 7.89. The van der Waals surface area contributed by atoms with Gasteiger partial charge in [0.15, 0.2) is 0 Å². The number of piperidine rings is 1. The van der Waals surface area contributed by atoms with E-state index in [1.807, 2.05) is 6.92 Å². The molecular formula is C16H23FN2O4S. The second-order valence-corrected chi connectivity index (χ2v) is 7.69. The van der Waals surface area contributed by atoms with Crippen molar-refractivity contribution in [3.8, 4) is 5.75 Å². The lowest BCUT2D eigenvalue weighted by atomic mass is 9.99. The van der Waals surface area contributed by atoms with Gasteiger partial charge in [-0.25, -0.2) is 12.8 Å². The number of carbonyl (C=O) groups is 1. The van der Waals surface area contributed by atoms with Gasteiger partial charge in [0, 0.05) is 19.6 Å². The minimum absolute atomic E-state index is 0.0916. The molecule has 1 amide bonds. The fraction of sp³-hybridized carbons (Fsp3) is 0.562. The first-order chi connectivity index (χ1) is 11.4. The first-order valence-electron chi connectivity index (χ1n) is 8.01. The Balaban J connectivity index is 2.23. The molecule has 8 heteroatoms. The van der Waals surface area contributed by atoms with Crippen molar-refractivity contribution in [2.75, 3.05) is 26.7 Å². The Morgan fingerprint density at radius 2 is 2.21 bits per heavy atom. The maximum Gasteiger partial charge on any atom is 0.246 e. The Kier molecular flexibility index (Phi) is 6.17. The van der Waals surface area contributed by atoms with Crippen LogP contribution >= 0.6 is 0 Å². The summed E-state index contributed by atoms with van der Waals surface area (Å²) in [5.74, 6) is -1.08. The third-order valence-corrected chi connectivity index (χ3v) is 5.93. The summed E-state index contributed by atoms with van der Waals surface area (Å²) >= 11 is 0. The minimum Gasteiger partial charge on any atom is -0.495 e. The van der Waals surface area contributed by atoms with E-state index in [4.69, 9.17) is 4.74 Å². The lowest BCUT2D eigenvalue weighted by molar-refractivity contribution is -0.126. The number of sulfonamides is 1. The van der Waals surface area contributed by atoms with Crippen LogP contribution in [0.5, 0.6) is 5.75 Å². The van der Waals surface area contributed by atoms with E-state index in [9.17, 15) is 17.6 Å². The van der Waals surface area contributed by atoms with E-state index >= 15 is 0 Å². The number of ether oxygens (including phenoxy) is 1. The molecule has 2 rings (SSSR count). The highest BCUT2D eigenvalue weighted by Gasteiger charge is 2.34. The number of nitrogens with zero attached hydrogens (tertiary/aromatic N) is 1. The average molecular weight is 358 g/mol. The predicted molar refractivity (Wildman–Crippen MR) is 87.7 cm³/mol. The molecule has 1 saturated heterocycles. The van der Waals surface area contributed by atoms with Gasteiger partial charge in [0.25, 0.3) is 0 Å². The van der Waals surface area contributed by atoms with Gasteiger partial charge in [-0.05, 0) is 37.5 Å². The fourth-order valence-corrected chi connectivity index (χ4v) is 4.45. The molecule has 0 aliphatic carbocycles. The summed E-state index contributed by atoms with van der Waals surface area (Å²) in [5.41, 5.74) is 0. The minimum atomic E-state index is -3.93. The van der Waals surface area contributed by atoms with Crippen LogP contribution in [0.3, 0.4) is 0 Å². The van der Waals surface area contributed by atoms with Crippen LogP contribution in [0.2, 0.25) is 0 Å². The number of rotatable bonds is 6. The molecule has 1 aromatic carbocycles. The third-order valence-electron chi connectivity index (χ3n) is 4.05. The zero-order valence-electron chi connectivity index (χ0n) is 13.9. The molecule has 1 N–H and O–H groups in total. The van der Waals surface area contributed by atoms with Crippen LogP contribution in [0.15, 0.2) is 23.1 Å². The van der Waals surface area contributed by atoms with Gasteiger partial charge >= 0.3 is 0 Å². The average Bonchev–Trinajstić information content (AvgIpc) is 2.59. The van der Waals surface area contributed by atoms with Crippen LogP contribution in [-0.2, 0) is 14.8 Å². The standard InChI is InChI=1S/C16H23FN2O4S/c1-3-8-18-16(20)12-5-4-9-19(11-12)24(21,22)15-10-13(17)6-7-14(15)23-2/h6-7,10,12H,3-5,8-9,11H2,1-2H3,(H,18,20)/t12-/m1/s1. The zero-order valence-corrected chi connectivity index (χ0v) is 14.7. The number of carbonyl (C=O) groups excluding carboxylic acids is 1. The quantitative estimate of drug-likeness (QED) is 0.841. The van der Waals surface area contributed by atoms with Gasteiger partial charge in [0.2, 0.25) is 15.9 Å². The van der Waals surface area contributed by atoms with Crippen molar-refractivity contribution >= 4 is 15.9 Å². The number of amides is 1. The molecule has 1 aliphatic rings. The molecule has 1 aliphatic heterocycles. The topological polar surface area (TPSA) is 75.7 Å². The fourth-order valence-electron chi connectivity index (χ4n) is 2.76. The van der Waals surface area contributed by atoms with Crippen molar-refractivity contribution in [3.63, 3.8) is 0 Å². The van der Waals surface area contributed by atoms with Crippen molar-refractivity contribution in [2.45, 2.75) is 31.1 Å². The molecule has 0 saturated carbocycles. The normalized spacial score (nSPS) is 19.0. The number of halogens is 1. The van der Waals surface area contributed by atoms with Gasteiger partial charge < -0.3 is 10.1 Å².